The van der Waals surface area contributed by atoms with Crippen LogP contribution in [0.5, 0.6) is 0 Å². The lowest BCUT2D eigenvalue weighted by molar-refractivity contribution is 0.673. The van der Waals surface area contributed by atoms with E-state index in [9.17, 15) is 0 Å². The van der Waals surface area contributed by atoms with Gasteiger partial charge in [-0.1, -0.05) is 11.8 Å². The van der Waals surface area contributed by atoms with Crippen LogP contribution in [0.3, 0.4) is 0 Å². The third-order valence-corrected chi connectivity index (χ3v) is 3.28. The van der Waals surface area contributed by atoms with E-state index >= 15 is 0 Å². The predicted octanol–water partition coefficient (Wildman–Crippen LogP) is 2.02. The maximum absolute atomic E-state index is 4.35. The molecule has 0 aliphatic heterocycles. The fourth-order valence-electron chi connectivity index (χ4n) is 1.32. The van der Waals surface area contributed by atoms with Crippen molar-refractivity contribution in [3.05, 3.63) is 18.0 Å². The Balaban J connectivity index is 1.60. The number of hydrogen-bond donors (Lipinski definition) is 1. The minimum absolute atomic E-state index is 0.824. The van der Waals surface area contributed by atoms with Crippen LogP contribution < -0.4 is 5.32 Å². The summed E-state index contributed by atoms with van der Waals surface area (Å²) in [6.07, 6.45) is 5.76. The molecule has 1 fully saturated rings. The third-order valence-electron chi connectivity index (χ3n) is 2.34. The number of nitrogens with one attached hydrogen (secondary N) is 1. The Morgan fingerprint density at radius 2 is 2.40 bits per heavy atom. The molecule has 1 aromatic rings. The normalized spacial score (nSPS) is 15.5. The van der Waals surface area contributed by atoms with Gasteiger partial charge < -0.3 is 5.32 Å². The SMILES string of the molecule is Cc1ccnc(SCCCNC2CC2)n1. The molecule has 15 heavy (non-hydrogen) atoms. The Bertz CT molecular complexity index is 312. The Hall–Kier alpha value is -0.610. The number of nitrogens with zero attached hydrogens (tertiary/aromatic N) is 2. The van der Waals surface area contributed by atoms with Crippen LogP contribution >= 0.6 is 11.8 Å². The van der Waals surface area contributed by atoms with Gasteiger partial charge in [-0.25, -0.2) is 9.97 Å². The van der Waals surface area contributed by atoms with Crippen molar-refractivity contribution in [3.63, 3.8) is 0 Å². The number of hydrogen-bond acceptors (Lipinski definition) is 4. The van der Waals surface area contributed by atoms with Crippen LogP contribution in [-0.4, -0.2) is 28.3 Å². The van der Waals surface area contributed by atoms with E-state index < -0.39 is 0 Å². The molecule has 0 atom stereocenters. The lowest BCUT2D eigenvalue weighted by Gasteiger charge is -2.02. The molecule has 2 rings (SSSR count). The molecule has 0 saturated heterocycles. The van der Waals surface area contributed by atoms with Crippen LogP contribution in [0.2, 0.25) is 0 Å². The summed E-state index contributed by atoms with van der Waals surface area (Å²) in [4.78, 5) is 8.57. The van der Waals surface area contributed by atoms with Crippen LogP contribution in [-0.2, 0) is 0 Å². The predicted molar refractivity (Wildman–Crippen MR) is 63.1 cm³/mol. The molecule has 4 heteroatoms. The molecule has 0 aromatic carbocycles. The average Bonchev–Trinajstić information content (AvgIpc) is 3.01. The van der Waals surface area contributed by atoms with Crippen LogP contribution in [0.4, 0.5) is 0 Å². The van der Waals surface area contributed by atoms with Gasteiger partial charge in [0.25, 0.3) is 0 Å². The number of rotatable bonds is 6. The fourth-order valence-corrected chi connectivity index (χ4v) is 2.14. The van der Waals surface area contributed by atoms with E-state index in [0.717, 1.165) is 29.2 Å². The summed E-state index contributed by atoms with van der Waals surface area (Å²) in [5.41, 5.74) is 1.05. The smallest absolute Gasteiger partial charge is 0.187 e. The molecule has 0 spiro atoms. The maximum Gasteiger partial charge on any atom is 0.187 e. The molecule has 1 N–H and O–H groups in total. The van der Waals surface area contributed by atoms with Crippen LogP contribution in [0.25, 0.3) is 0 Å². The van der Waals surface area contributed by atoms with Crippen molar-refractivity contribution < 1.29 is 0 Å². The minimum atomic E-state index is 0.824. The summed E-state index contributed by atoms with van der Waals surface area (Å²) in [6, 6.07) is 2.75. The first-order chi connectivity index (χ1) is 7.34. The van der Waals surface area contributed by atoms with E-state index in [1.54, 1.807) is 11.8 Å². The van der Waals surface area contributed by atoms with E-state index in [4.69, 9.17) is 0 Å². The van der Waals surface area contributed by atoms with Gasteiger partial charge in [0.1, 0.15) is 0 Å². The standard InChI is InChI=1S/C11H17N3S/c1-9-5-7-13-11(14-9)15-8-2-6-12-10-3-4-10/h5,7,10,12H,2-4,6,8H2,1H3. The van der Waals surface area contributed by atoms with Crippen LogP contribution in [0.15, 0.2) is 17.4 Å². The Morgan fingerprint density at radius 1 is 1.53 bits per heavy atom. The highest BCUT2D eigenvalue weighted by atomic mass is 32.2. The van der Waals surface area contributed by atoms with Crippen molar-refractivity contribution in [2.24, 2.45) is 0 Å². The zero-order chi connectivity index (χ0) is 10.5. The van der Waals surface area contributed by atoms with E-state index in [1.807, 2.05) is 19.2 Å². The molecule has 1 aliphatic carbocycles. The number of aromatic nitrogens is 2. The zero-order valence-electron chi connectivity index (χ0n) is 9.07. The van der Waals surface area contributed by atoms with Crippen molar-refractivity contribution >= 4 is 11.8 Å². The van der Waals surface area contributed by atoms with Crippen molar-refractivity contribution in [1.82, 2.24) is 15.3 Å². The lowest BCUT2D eigenvalue weighted by atomic mass is 10.5. The fraction of sp³-hybridized carbons (Fsp3) is 0.636. The molecule has 0 amide bonds. The number of thioether (sulfide) groups is 1. The van der Waals surface area contributed by atoms with Crippen molar-refractivity contribution in [2.45, 2.75) is 37.4 Å². The molecule has 1 aromatic heterocycles. The molecule has 0 unspecified atom stereocenters. The molecule has 0 bridgehead atoms. The molecular weight excluding hydrogens is 206 g/mol. The molecular formula is C11H17N3S. The van der Waals surface area contributed by atoms with Crippen LogP contribution in [0.1, 0.15) is 25.0 Å². The van der Waals surface area contributed by atoms with Gasteiger partial charge in [-0.15, -0.1) is 0 Å². The summed E-state index contributed by atoms with van der Waals surface area (Å²) in [6.45, 7) is 3.13. The van der Waals surface area contributed by atoms with Gasteiger partial charge in [-0.05, 0) is 38.8 Å². The maximum atomic E-state index is 4.35. The number of aryl methyl sites for hydroxylation is 1. The van der Waals surface area contributed by atoms with Gasteiger partial charge in [-0.3, -0.25) is 0 Å². The second-order valence-corrected chi connectivity index (χ2v) is 4.97. The van der Waals surface area contributed by atoms with Gasteiger partial charge in [0.2, 0.25) is 0 Å². The summed E-state index contributed by atoms with van der Waals surface area (Å²) in [5.74, 6) is 1.10. The van der Waals surface area contributed by atoms with E-state index in [1.165, 1.54) is 19.3 Å². The first-order valence-electron chi connectivity index (χ1n) is 5.50. The Labute approximate surface area is 95.1 Å². The van der Waals surface area contributed by atoms with E-state index in [0.29, 0.717) is 0 Å². The van der Waals surface area contributed by atoms with E-state index in [-0.39, 0.29) is 0 Å². The largest absolute Gasteiger partial charge is 0.314 e. The average molecular weight is 223 g/mol. The van der Waals surface area contributed by atoms with Crippen molar-refractivity contribution in [3.8, 4) is 0 Å². The zero-order valence-corrected chi connectivity index (χ0v) is 9.89. The topological polar surface area (TPSA) is 37.8 Å². The van der Waals surface area contributed by atoms with Gasteiger partial charge in [0.05, 0.1) is 0 Å². The van der Waals surface area contributed by atoms with Crippen LogP contribution in [0, 0.1) is 6.92 Å². The summed E-state index contributed by atoms with van der Waals surface area (Å²) < 4.78 is 0. The monoisotopic (exact) mass is 223 g/mol. The minimum Gasteiger partial charge on any atom is -0.314 e. The highest BCUT2D eigenvalue weighted by molar-refractivity contribution is 7.99. The molecule has 1 saturated carbocycles. The molecule has 3 nitrogen and oxygen atoms in total. The highest BCUT2D eigenvalue weighted by Crippen LogP contribution is 2.19. The first-order valence-corrected chi connectivity index (χ1v) is 6.49. The summed E-state index contributed by atoms with van der Waals surface area (Å²) >= 11 is 1.74. The second-order valence-electron chi connectivity index (χ2n) is 3.91. The lowest BCUT2D eigenvalue weighted by Crippen LogP contribution is -2.17. The Kier molecular flexibility index (Phi) is 3.97. The van der Waals surface area contributed by atoms with Gasteiger partial charge in [0, 0.05) is 23.7 Å². The van der Waals surface area contributed by atoms with Crippen molar-refractivity contribution in [2.75, 3.05) is 12.3 Å². The first kappa shape index (κ1) is 10.9. The summed E-state index contributed by atoms with van der Waals surface area (Å²) in [7, 11) is 0. The van der Waals surface area contributed by atoms with E-state index in [2.05, 4.69) is 15.3 Å². The third kappa shape index (κ3) is 4.18. The van der Waals surface area contributed by atoms with Crippen molar-refractivity contribution in [1.29, 1.82) is 0 Å². The quantitative estimate of drug-likeness (QED) is 0.455. The second kappa shape index (κ2) is 5.47. The van der Waals surface area contributed by atoms with Gasteiger partial charge in [-0.2, -0.15) is 0 Å². The van der Waals surface area contributed by atoms with Gasteiger partial charge >= 0.3 is 0 Å². The van der Waals surface area contributed by atoms with Gasteiger partial charge in [0.15, 0.2) is 5.16 Å². The Morgan fingerprint density at radius 3 is 3.13 bits per heavy atom. The molecule has 1 heterocycles. The molecule has 82 valence electrons. The molecule has 1 aliphatic rings. The molecule has 0 radical (unpaired) electrons. The summed E-state index contributed by atoms with van der Waals surface area (Å²) in [5, 5.41) is 4.40. The highest BCUT2D eigenvalue weighted by Gasteiger charge is 2.19.